The molecule has 0 heterocycles. The van der Waals surface area contributed by atoms with Gasteiger partial charge in [-0.3, -0.25) is 0 Å². The van der Waals surface area contributed by atoms with Crippen LogP contribution < -0.4 is 11.1 Å². The molecule has 0 aliphatic carbocycles. The first kappa shape index (κ1) is 14.6. The van der Waals surface area contributed by atoms with Crippen LogP contribution in [0.15, 0.2) is 48.5 Å². The minimum atomic E-state index is 0.237. The summed E-state index contributed by atoms with van der Waals surface area (Å²) in [5.74, 6) is 0. The number of nitrogens with two attached hydrogens (primary N) is 1. The summed E-state index contributed by atoms with van der Waals surface area (Å²) in [6.07, 6.45) is 1.14. The second kappa shape index (κ2) is 6.10. The molecule has 0 amide bonds. The molecule has 0 spiro atoms. The highest BCUT2D eigenvalue weighted by atomic mass is 14.9. The maximum atomic E-state index is 5.60. The Kier molecular flexibility index (Phi) is 4.46. The van der Waals surface area contributed by atoms with Crippen molar-refractivity contribution < 1.29 is 0 Å². The summed E-state index contributed by atoms with van der Waals surface area (Å²) in [5.41, 5.74) is 10.6. The molecule has 0 aliphatic rings. The first-order valence-corrected chi connectivity index (χ1v) is 7.22. The number of benzene rings is 2. The van der Waals surface area contributed by atoms with Crippen LogP contribution >= 0.6 is 0 Å². The average molecular weight is 268 g/mol. The lowest BCUT2D eigenvalue weighted by Crippen LogP contribution is -2.15. The fraction of sp³-hybridized carbons (Fsp3) is 0.333. The molecule has 0 unspecified atom stereocenters. The molecule has 2 rings (SSSR count). The molecule has 0 atom stereocenters. The third-order valence-corrected chi connectivity index (χ3v) is 4.03. The number of nitrogens with one attached hydrogen (secondary N) is 1. The Labute approximate surface area is 122 Å². The average Bonchev–Trinajstić information content (AvgIpc) is 2.48. The van der Waals surface area contributed by atoms with E-state index in [1.807, 2.05) is 0 Å². The van der Waals surface area contributed by atoms with E-state index in [1.54, 1.807) is 0 Å². The van der Waals surface area contributed by atoms with Crippen molar-refractivity contribution in [2.45, 2.75) is 39.2 Å². The summed E-state index contributed by atoms with van der Waals surface area (Å²) >= 11 is 0. The molecule has 2 aromatic carbocycles. The highest BCUT2D eigenvalue weighted by molar-refractivity contribution is 5.60. The lowest BCUT2D eigenvalue weighted by atomic mass is 9.82. The van der Waals surface area contributed by atoms with Crippen molar-refractivity contribution >= 4 is 11.4 Å². The number of hydrogen-bond donors (Lipinski definition) is 2. The second-order valence-electron chi connectivity index (χ2n) is 5.84. The van der Waals surface area contributed by atoms with Gasteiger partial charge in [-0.1, -0.05) is 45.0 Å². The van der Waals surface area contributed by atoms with E-state index in [9.17, 15) is 0 Å². The monoisotopic (exact) mass is 268 g/mol. The molecule has 0 radical (unpaired) electrons. The summed E-state index contributed by atoms with van der Waals surface area (Å²) in [6, 6.07) is 16.9. The van der Waals surface area contributed by atoms with Gasteiger partial charge in [-0.25, -0.2) is 0 Å². The normalized spacial score (nSPS) is 11.4. The molecule has 2 nitrogen and oxygen atoms in total. The lowest BCUT2D eigenvalue weighted by molar-refractivity contribution is 0.506. The Hall–Kier alpha value is -1.80. The van der Waals surface area contributed by atoms with Gasteiger partial charge in [-0.15, -0.1) is 0 Å². The zero-order valence-corrected chi connectivity index (χ0v) is 12.6. The standard InChI is InChI=1S/C18H24N2/c1-4-18(2,3)15-7-11-17(12-8-15)20-16-9-5-14(13-19)6-10-16/h5-12,20H,4,13,19H2,1-3H3. The van der Waals surface area contributed by atoms with Crippen LogP contribution in [0.25, 0.3) is 0 Å². The van der Waals surface area contributed by atoms with Crippen molar-refractivity contribution in [3.63, 3.8) is 0 Å². The van der Waals surface area contributed by atoms with Gasteiger partial charge in [0.05, 0.1) is 0 Å². The molecule has 0 bridgehead atoms. The van der Waals surface area contributed by atoms with Gasteiger partial charge >= 0.3 is 0 Å². The summed E-state index contributed by atoms with van der Waals surface area (Å²) in [5, 5.41) is 3.41. The molecule has 0 saturated heterocycles. The SMILES string of the molecule is CCC(C)(C)c1ccc(Nc2ccc(CN)cc2)cc1. The first-order valence-electron chi connectivity index (χ1n) is 7.22. The quantitative estimate of drug-likeness (QED) is 0.833. The predicted molar refractivity (Wildman–Crippen MR) is 87.4 cm³/mol. The molecule has 0 aromatic heterocycles. The Morgan fingerprint density at radius 3 is 1.85 bits per heavy atom. The van der Waals surface area contributed by atoms with E-state index in [1.165, 1.54) is 5.56 Å². The fourth-order valence-electron chi connectivity index (χ4n) is 2.10. The number of anilines is 2. The molecular weight excluding hydrogens is 244 g/mol. The van der Waals surface area contributed by atoms with Crippen molar-refractivity contribution in [2.24, 2.45) is 5.73 Å². The maximum absolute atomic E-state index is 5.60. The van der Waals surface area contributed by atoms with Crippen molar-refractivity contribution in [1.82, 2.24) is 0 Å². The van der Waals surface area contributed by atoms with E-state index < -0.39 is 0 Å². The van der Waals surface area contributed by atoms with Crippen LogP contribution in [0, 0.1) is 0 Å². The largest absolute Gasteiger partial charge is 0.356 e. The molecular formula is C18H24N2. The van der Waals surface area contributed by atoms with Crippen LogP contribution in [0.2, 0.25) is 0 Å². The zero-order valence-electron chi connectivity index (χ0n) is 12.6. The van der Waals surface area contributed by atoms with Crippen LogP contribution in [0.3, 0.4) is 0 Å². The van der Waals surface area contributed by atoms with E-state index in [4.69, 9.17) is 5.73 Å². The smallest absolute Gasteiger partial charge is 0.0384 e. The summed E-state index contributed by atoms with van der Waals surface area (Å²) in [7, 11) is 0. The van der Waals surface area contributed by atoms with Crippen molar-refractivity contribution in [3.05, 3.63) is 59.7 Å². The Morgan fingerprint density at radius 1 is 0.900 bits per heavy atom. The summed E-state index contributed by atoms with van der Waals surface area (Å²) in [6.45, 7) is 7.37. The highest BCUT2D eigenvalue weighted by Crippen LogP contribution is 2.28. The van der Waals surface area contributed by atoms with Gasteiger partial charge in [-0.2, -0.15) is 0 Å². The van der Waals surface area contributed by atoms with Gasteiger partial charge in [-0.05, 0) is 47.2 Å². The fourth-order valence-corrected chi connectivity index (χ4v) is 2.10. The minimum Gasteiger partial charge on any atom is -0.356 e. The molecule has 106 valence electrons. The second-order valence-corrected chi connectivity index (χ2v) is 5.84. The number of rotatable bonds is 5. The summed E-state index contributed by atoms with van der Waals surface area (Å²) in [4.78, 5) is 0. The summed E-state index contributed by atoms with van der Waals surface area (Å²) < 4.78 is 0. The Balaban J connectivity index is 2.10. The van der Waals surface area contributed by atoms with E-state index >= 15 is 0 Å². The van der Waals surface area contributed by atoms with E-state index in [2.05, 4.69) is 74.6 Å². The van der Waals surface area contributed by atoms with Gasteiger partial charge in [0.1, 0.15) is 0 Å². The van der Waals surface area contributed by atoms with Gasteiger partial charge < -0.3 is 11.1 Å². The zero-order chi connectivity index (χ0) is 14.6. The topological polar surface area (TPSA) is 38.0 Å². The minimum absolute atomic E-state index is 0.237. The first-order chi connectivity index (χ1) is 9.55. The van der Waals surface area contributed by atoms with Crippen molar-refractivity contribution in [2.75, 3.05) is 5.32 Å². The third-order valence-electron chi connectivity index (χ3n) is 4.03. The van der Waals surface area contributed by atoms with Crippen LogP contribution in [-0.4, -0.2) is 0 Å². The molecule has 2 heteroatoms. The lowest BCUT2D eigenvalue weighted by Gasteiger charge is -2.23. The Morgan fingerprint density at radius 2 is 1.40 bits per heavy atom. The molecule has 0 saturated carbocycles. The molecule has 2 aromatic rings. The Bertz CT molecular complexity index is 539. The van der Waals surface area contributed by atoms with E-state index in [-0.39, 0.29) is 5.41 Å². The van der Waals surface area contributed by atoms with E-state index in [0.717, 1.165) is 23.4 Å². The van der Waals surface area contributed by atoms with Crippen molar-refractivity contribution in [1.29, 1.82) is 0 Å². The van der Waals surface area contributed by atoms with Crippen LogP contribution in [0.4, 0.5) is 11.4 Å². The predicted octanol–water partition coefficient (Wildman–Crippen LogP) is 4.58. The van der Waals surface area contributed by atoms with Crippen molar-refractivity contribution in [3.8, 4) is 0 Å². The molecule has 0 fully saturated rings. The van der Waals surface area contributed by atoms with Gasteiger partial charge in [0.2, 0.25) is 0 Å². The maximum Gasteiger partial charge on any atom is 0.0384 e. The van der Waals surface area contributed by atoms with Crippen LogP contribution in [-0.2, 0) is 12.0 Å². The van der Waals surface area contributed by atoms with Gasteiger partial charge in [0, 0.05) is 17.9 Å². The van der Waals surface area contributed by atoms with Crippen LogP contribution in [0.1, 0.15) is 38.3 Å². The van der Waals surface area contributed by atoms with Gasteiger partial charge in [0.25, 0.3) is 0 Å². The number of hydrogen-bond acceptors (Lipinski definition) is 2. The highest BCUT2D eigenvalue weighted by Gasteiger charge is 2.17. The molecule has 20 heavy (non-hydrogen) atoms. The third kappa shape index (κ3) is 3.40. The molecule has 3 N–H and O–H groups in total. The van der Waals surface area contributed by atoms with E-state index in [0.29, 0.717) is 6.54 Å². The van der Waals surface area contributed by atoms with Gasteiger partial charge in [0.15, 0.2) is 0 Å². The van der Waals surface area contributed by atoms with Crippen LogP contribution in [0.5, 0.6) is 0 Å². The molecule has 0 aliphatic heterocycles.